The largest absolute Gasteiger partial charge is 0.461 e. The molecule has 22 heavy (non-hydrogen) atoms. The van der Waals surface area contributed by atoms with Crippen LogP contribution >= 0.6 is 0 Å². The van der Waals surface area contributed by atoms with Crippen molar-refractivity contribution in [2.45, 2.75) is 27.2 Å². The molecule has 0 saturated carbocycles. The number of hydrazone groups is 1. The van der Waals surface area contributed by atoms with Crippen molar-refractivity contribution in [3.05, 3.63) is 49.2 Å². The lowest BCUT2D eigenvalue weighted by Gasteiger charge is -2.09. The highest BCUT2D eigenvalue weighted by molar-refractivity contribution is 6.01. The van der Waals surface area contributed by atoms with Gasteiger partial charge in [-0.05, 0) is 18.9 Å². The van der Waals surface area contributed by atoms with Crippen LogP contribution in [0.15, 0.2) is 54.3 Å². The molecule has 0 atom stereocenters. The zero-order valence-corrected chi connectivity index (χ0v) is 14.1. The molecular formula is C17H28N2O3. The molecule has 5 nitrogen and oxygen atoms in total. The van der Waals surface area contributed by atoms with E-state index < -0.39 is 5.97 Å². The first-order valence-electron chi connectivity index (χ1n) is 7.20. The molecule has 0 spiro atoms. The third-order valence-corrected chi connectivity index (χ3v) is 2.17. The summed E-state index contributed by atoms with van der Waals surface area (Å²) in [5.41, 5.74) is 4.00. The molecule has 124 valence electrons. The normalized spacial score (nSPS) is 10.5. The summed E-state index contributed by atoms with van der Waals surface area (Å²) in [5, 5.41) is 4.08. The van der Waals surface area contributed by atoms with E-state index in [1.54, 1.807) is 20.1 Å². The van der Waals surface area contributed by atoms with Crippen LogP contribution in [-0.2, 0) is 14.3 Å². The Hall–Kier alpha value is -2.14. The van der Waals surface area contributed by atoms with E-state index in [9.17, 15) is 4.79 Å². The maximum atomic E-state index is 11.4. The Kier molecular flexibility index (Phi) is 15.4. The highest BCUT2D eigenvalue weighted by Gasteiger charge is 2.08. The lowest BCUT2D eigenvalue weighted by atomic mass is 10.1. The van der Waals surface area contributed by atoms with Crippen LogP contribution < -0.4 is 5.43 Å². The first kappa shape index (κ1) is 22.1. The van der Waals surface area contributed by atoms with Crippen molar-refractivity contribution in [2.75, 3.05) is 20.3 Å². The number of esters is 1. The van der Waals surface area contributed by atoms with E-state index in [0.717, 1.165) is 5.57 Å². The van der Waals surface area contributed by atoms with Crippen molar-refractivity contribution < 1.29 is 14.3 Å². The molecule has 0 amide bonds. The number of ether oxygens (including phenoxy) is 2. The van der Waals surface area contributed by atoms with Crippen molar-refractivity contribution in [1.82, 2.24) is 5.43 Å². The van der Waals surface area contributed by atoms with Gasteiger partial charge in [0.1, 0.15) is 5.70 Å². The van der Waals surface area contributed by atoms with E-state index in [-0.39, 0.29) is 18.9 Å². The van der Waals surface area contributed by atoms with Crippen molar-refractivity contribution >= 4 is 11.7 Å². The van der Waals surface area contributed by atoms with Gasteiger partial charge in [0.25, 0.3) is 0 Å². The Bertz CT molecular complexity index is 424. The van der Waals surface area contributed by atoms with Crippen LogP contribution in [0.4, 0.5) is 0 Å². The maximum absolute atomic E-state index is 11.4. The second-order valence-electron chi connectivity index (χ2n) is 3.77. The fraction of sp³-hybridized carbons (Fsp3) is 0.412. The zero-order valence-electron chi connectivity index (χ0n) is 14.1. The molecule has 0 saturated heterocycles. The monoisotopic (exact) mass is 308 g/mol. The summed E-state index contributed by atoms with van der Waals surface area (Å²) in [5.74, 6) is -0.537. The summed E-state index contributed by atoms with van der Waals surface area (Å²) in [7, 11) is 1.56. The minimum atomic E-state index is -0.537. The fourth-order valence-corrected chi connectivity index (χ4v) is 1.17. The smallest absolute Gasteiger partial charge is 0.355 e. The average Bonchev–Trinajstić information content (AvgIpc) is 2.53. The van der Waals surface area contributed by atoms with Gasteiger partial charge in [0.15, 0.2) is 0 Å². The highest BCUT2D eigenvalue weighted by atomic mass is 16.5. The summed E-state index contributed by atoms with van der Waals surface area (Å²) >= 11 is 0. The van der Waals surface area contributed by atoms with E-state index in [4.69, 9.17) is 9.47 Å². The van der Waals surface area contributed by atoms with Gasteiger partial charge in [-0.3, -0.25) is 5.43 Å². The fourth-order valence-electron chi connectivity index (χ4n) is 1.17. The number of rotatable bonds is 10. The summed E-state index contributed by atoms with van der Waals surface area (Å²) in [6.45, 7) is 17.3. The third-order valence-electron chi connectivity index (χ3n) is 2.17. The number of hydrogen-bond donors (Lipinski definition) is 1. The molecule has 0 unspecified atom stereocenters. The summed E-state index contributed by atoms with van der Waals surface area (Å²) in [6.07, 6.45) is 6.02. The van der Waals surface area contributed by atoms with Gasteiger partial charge >= 0.3 is 5.97 Å². The second-order valence-corrected chi connectivity index (χ2v) is 3.77. The summed E-state index contributed by atoms with van der Waals surface area (Å²) in [4.78, 5) is 11.4. The second kappa shape index (κ2) is 15.3. The van der Waals surface area contributed by atoms with Gasteiger partial charge in [-0.25, -0.2) is 4.79 Å². The predicted molar refractivity (Wildman–Crippen MR) is 92.7 cm³/mol. The molecule has 0 aromatic heterocycles. The highest BCUT2D eigenvalue weighted by Crippen LogP contribution is 2.04. The first-order chi connectivity index (χ1) is 10.6. The van der Waals surface area contributed by atoms with Crippen molar-refractivity contribution in [1.29, 1.82) is 0 Å². The Morgan fingerprint density at radius 1 is 1.32 bits per heavy atom. The Balaban J connectivity index is 0. The van der Waals surface area contributed by atoms with Gasteiger partial charge in [0.05, 0.1) is 18.9 Å². The van der Waals surface area contributed by atoms with Crippen molar-refractivity contribution in [3.8, 4) is 0 Å². The van der Waals surface area contributed by atoms with Gasteiger partial charge in [0.2, 0.25) is 0 Å². The standard InChI is InChI=1S/C15H22N2O3.C2H6/c1-6-8-9-10-12(3)14(11-19-5)17-16-13(4)15(18)20-7-2;1-2/h6,8-9,16H,1,3-4,7,10-11H2,2,5H3;1-2H3/b9-8-,17-14+;. The molecule has 0 aromatic rings. The Morgan fingerprint density at radius 3 is 2.45 bits per heavy atom. The SMILES string of the molecule is C=C/C=C\CC(=C)/C(COC)=N/NC(=C)C(=O)OCC.CC. The molecule has 5 heteroatoms. The summed E-state index contributed by atoms with van der Waals surface area (Å²) in [6, 6.07) is 0. The van der Waals surface area contributed by atoms with Crippen LogP contribution in [0.25, 0.3) is 0 Å². The summed E-state index contributed by atoms with van der Waals surface area (Å²) < 4.78 is 9.84. The van der Waals surface area contributed by atoms with Gasteiger partial charge in [-0.2, -0.15) is 5.10 Å². The molecule has 0 aromatic carbocycles. The van der Waals surface area contributed by atoms with E-state index in [0.29, 0.717) is 12.1 Å². The molecule has 0 aliphatic heterocycles. The topological polar surface area (TPSA) is 59.9 Å². The number of nitrogens with zero attached hydrogens (tertiary/aromatic N) is 1. The minimum absolute atomic E-state index is 0.0647. The predicted octanol–water partition coefficient (Wildman–Crippen LogP) is 3.37. The lowest BCUT2D eigenvalue weighted by Crippen LogP contribution is -2.21. The molecule has 0 aliphatic carbocycles. The number of allylic oxidation sites excluding steroid dienone is 3. The van der Waals surface area contributed by atoms with E-state index in [1.807, 2.05) is 26.0 Å². The Labute approximate surface area is 134 Å². The average molecular weight is 308 g/mol. The molecular weight excluding hydrogens is 280 g/mol. The van der Waals surface area contributed by atoms with Crippen LogP contribution in [0.1, 0.15) is 27.2 Å². The number of carbonyl (C=O) groups excluding carboxylic acids is 1. The Morgan fingerprint density at radius 2 is 1.95 bits per heavy atom. The van der Waals surface area contributed by atoms with Crippen LogP contribution in [0, 0.1) is 0 Å². The van der Waals surface area contributed by atoms with Crippen molar-refractivity contribution in [2.24, 2.45) is 5.10 Å². The lowest BCUT2D eigenvalue weighted by molar-refractivity contribution is -0.138. The van der Waals surface area contributed by atoms with E-state index in [1.165, 1.54) is 0 Å². The van der Waals surface area contributed by atoms with Crippen LogP contribution in [0.3, 0.4) is 0 Å². The molecule has 0 bridgehead atoms. The van der Waals surface area contributed by atoms with Crippen molar-refractivity contribution in [3.63, 3.8) is 0 Å². The number of methoxy groups -OCH3 is 1. The van der Waals surface area contributed by atoms with Gasteiger partial charge in [-0.15, -0.1) is 0 Å². The number of nitrogens with one attached hydrogen (secondary N) is 1. The van der Waals surface area contributed by atoms with Crippen LogP contribution in [0.2, 0.25) is 0 Å². The first-order valence-corrected chi connectivity index (χ1v) is 7.20. The molecule has 1 N–H and O–H groups in total. The van der Waals surface area contributed by atoms with E-state index >= 15 is 0 Å². The maximum Gasteiger partial charge on any atom is 0.355 e. The van der Waals surface area contributed by atoms with Gasteiger partial charge in [-0.1, -0.05) is 51.8 Å². The molecule has 0 fully saturated rings. The minimum Gasteiger partial charge on any atom is -0.461 e. The van der Waals surface area contributed by atoms with Crippen LogP contribution in [-0.4, -0.2) is 32.0 Å². The number of hydrogen-bond acceptors (Lipinski definition) is 5. The molecule has 0 aliphatic rings. The van der Waals surface area contributed by atoms with Gasteiger partial charge in [0, 0.05) is 7.11 Å². The quantitative estimate of drug-likeness (QED) is 0.221. The third kappa shape index (κ3) is 10.6. The zero-order chi connectivity index (χ0) is 17.4. The molecule has 0 heterocycles. The van der Waals surface area contributed by atoms with Gasteiger partial charge < -0.3 is 9.47 Å². The van der Waals surface area contributed by atoms with E-state index in [2.05, 4.69) is 30.3 Å². The molecule has 0 radical (unpaired) electrons. The number of carbonyl (C=O) groups is 1. The molecule has 0 rings (SSSR count). The van der Waals surface area contributed by atoms with Crippen LogP contribution in [0.5, 0.6) is 0 Å².